The Morgan fingerprint density at radius 2 is 1.50 bits per heavy atom. The van der Waals surface area contributed by atoms with Crippen LogP contribution in [0.2, 0.25) is 0 Å². The first kappa shape index (κ1) is 23.6. The highest BCUT2D eigenvalue weighted by atomic mass is 35.6. The Labute approximate surface area is 192 Å². The van der Waals surface area contributed by atoms with Gasteiger partial charge in [-0.1, -0.05) is 88.7 Å². The summed E-state index contributed by atoms with van der Waals surface area (Å²) in [6.07, 6.45) is 4.18. The van der Waals surface area contributed by atoms with Gasteiger partial charge >= 0.3 is 0 Å². The number of hydrogen-bond acceptors (Lipinski definition) is 5. The molecular weight excluding hydrogens is 491 g/mol. The van der Waals surface area contributed by atoms with Crippen LogP contribution in [0.3, 0.4) is 0 Å². The molecule has 11 heteroatoms. The van der Waals surface area contributed by atoms with E-state index >= 15 is 0 Å². The Morgan fingerprint density at radius 3 is 2.00 bits per heavy atom. The highest BCUT2D eigenvalue weighted by Gasteiger charge is 2.33. The van der Waals surface area contributed by atoms with Gasteiger partial charge in [0.2, 0.25) is 7.59 Å². The van der Waals surface area contributed by atoms with E-state index in [2.05, 4.69) is 15.0 Å². The van der Waals surface area contributed by atoms with Crippen LogP contribution in [-0.2, 0) is 7.59 Å². The average Bonchev–Trinajstić information content (AvgIpc) is 2.63. The van der Waals surface area contributed by atoms with E-state index in [1.165, 1.54) is 0 Å². The molecule has 0 radical (unpaired) electrons. The van der Waals surface area contributed by atoms with Gasteiger partial charge in [-0.25, -0.2) is 15.0 Å². The molecule has 0 atom stereocenters. The van der Waals surface area contributed by atoms with Crippen molar-refractivity contribution in [1.29, 1.82) is 0 Å². The zero-order valence-electron chi connectivity index (χ0n) is 14.7. The highest BCUT2D eigenvalue weighted by Crippen LogP contribution is 2.40. The molecule has 28 heavy (non-hydrogen) atoms. The van der Waals surface area contributed by atoms with Gasteiger partial charge in [0.05, 0.1) is 13.7 Å². The van der Waals surface area contributed by atoms with Crippen LogP contribution >= 0.6 is 69.6 Å². The average molecular weight is 506 g/mol. The SMILES string of the molecule is CCCOc1cc(C=Cc2nc(C(Cl)(Cl)Cl)nc(C(Cl)(Cl)Cl)n2)ccc1OC. The summed E-state index contributed by atoms with van der Waals surface area (Å²) >= 11 is 35.2. The Bertz CT molecular complexity index is 818. The van der Waals surface area contributed by atoms with E-state index in [1.807, 2.05) is 19.1 Å². The van der Waals surface area contributed by atoms with Gasteiger partial charge < -0.3 is 9.47 Å². The molecule has 1 heterocycles. The van der Waals surface area contributed by atoms with Crippen LogP contribution in [0.25, 0.3) is 12.2 Å². The smallest absolute Gasteiger partial charge is 0.250 e. The van der Waals surface area contributed by atoms with Crippen molar-refractivity contribution in [2.24, 2.45) is 0 Å². The maximum absolute atomic E-state index is 5.87. The predicted molar refractivity (Wildman–Crippen MR) is 116 cm³/mol. The predicted octanol–water partition coefficient (Wildman–Crippen LogP) is 6.49. The van der Waals surface area contributed by atoms with E-state index < -0.39 is 7.59 Å². The fourth-order valence-corrected chi connectivity index (χ4v) is 2.52. The van der Waals surface area contributed by atoms with Crippen LogP contribution in [0, 0.1) is 0 Å². The van der Waals surface area contributed by atoms with Gasteiger partial charge in [0.15, 0.2) is 29.0 Å². The van der Waals surface area contributed by atoms with Gasteiger partial charge in [-0.2, -0.15) is 0 Å². The fraction of sp³-hybridized carbons (Fsp3) is 0.353. The second-order valence-corrected chi connectivity index (χ2v) is 9.99. The maximum Gasteiger partial charge on any atom is 0.250 e. The lowest BCUT2D eigenvalue weighted by Crippen LogP contribution is -2.16. The van der Waals surface area contributed by atoms with E-state index in [4.69, 9.17) is 79.1 Å². The lowest BCUT2D eigenvalue weighted by Gasteiger charge is -2.14. The molecule has 0 amide bonds. The van der Waals surface area contributed by atoms with Gasteiger partial charge in [0, 0.05) is 0 Å². The molecule has 152 valence electrons. The summed E-state index contributed by atoms with van der Waals surface area (Å²) in [5.74, 6) is 1.09. The zero-order chi connectivity index (χ0) is 20.9. The second-order valence-electron chi connectivity index (χ2n) is 5.43. The molecule has 0 aliphatic heterocycles. The van der Waals surface area contributed by atoms with Gasteiger partial charge in [-0.05, 0) is 30.2 Å². The van der Waals surface area contributed by atoms with Crippen LogP contribution in [0.1, 0.15) is 36.4 Å². The van der Waals surface area contributed by atoms with Gasteiger partial charge in [-0.3, -0.25) is 0 Å². The summed E-state index contributed by atoms with van der Waals surface area (Å²) in [7, 11) is 1.57. The summed E-state index contributed by atoms with van der Waals surface area (Å²) in [5, 5.41) is 0. The van der Waals surface area contributed by atoms with Crippen molar-refractivity contribution in [3.05, 3.63) is 41.2 Å². The quantitative estimate of drug-likeness (QED) is 0.420. The number of methoxy groups -OCH3 is 1. The van der Waals surface area contributed by atoms with E-state index in [-0.39, 0.29) is 17.5 Å². The van der Waals surface area contributed by atoms with Crippen molar-refractivity contribution < 1.29 is 9.47 Å². The molecule has 0 spiro atoms. The normalized spacial score (nSPS) is 12.4. The number of benzene rings is 1. The highest BCUT2D eigenvalue weighted by molar-refractivity contribution is 6.67. The van der Waals surface area contributed by atoms with E-state index in [1.54, 1.807) is 25.3 Å². The fourth-order valence-electron chi connectivity index (χ4n) is 2.01. The molecule has 5 nitrogen and oxygen atoms in total. The first-order chi connectivity index (χ1) is 13.0. The molecule has 0 fully saturated rings. The van der Waals surface area contributed by atoms with E-state index in [9.17, 15) is 0 Å². The summed E-state index contributed by atoms with van der Waals surface area (Å²) in [6.45, 7) is 2.58. The van der Waals surface area contributed by atoms with Crippen LogP contribution in [0.5, 0.6) is 11.5 Å². The van der Waals surface area contributed by atoms with Crippen molar-refractivity contribution in [1.82, 2.24) is 15.0 Å². The molecule has 1 aromatic carbocycles. The zero-order valence-corrected chi connectivity index (χ0v) is 19.3. The lowest BCUT2D eigenvalue weighted by molar-refractivity contribution is 0.294. The Hall–Kier alpha value is -0.690. The summed E-state index contributed by atoms with van der Waals surface area (Å²) in [4.78, 5) is 12.1. The summed E-state index contributed by atoms with van der Waals surface area (Å²) < 4.78 is 7.18. The lowest BCUT2D eigenvalue weighted by atomic mass is 10.2. The monoisotopic (exact) mass is 503 g/mol. The van der Waals surface area contributed by atoms with Gasteiger partial charge in [-0.15, -0.1) is 0 Å². The minimum Gasteiger partial charge on any atom is -0.493 e. The number of rotatable bonds is 6. The van der Waals surface area contributed by atoms with E-state index in [0.29, 0.717) is 18.1 Å². The molecule has 0 aliphatic rings. The molecule has 2 rings (SSSR count). The van der Waals surface area contributed by atoms with Crippen molar-refractivity contribution in [2.75, 3.05) is 13.7 Å². The third-order valence-corrected chi connectivity index (χ3v) is 4.25. The number of alkyl halides is 6. The third kappa shape index (κ3) is 6.68. The molecule has 0 unspecified atom stereocenters. The van der Waals surface area contributed by atoms with Crippen molar-refractivity contribution in [2.45, 2.75) is 20.9 Å². The summed E-state index contributed by atoms with van der Waals surface area (Å²) in [5.41, 5.74) is 0.804. The number of aromatic nitrogens is 3. The third-order valence-electron chi connectivity index (χ3n) is 3.23. The Morgan fingerprint density at radius 1 is 0.893 bits per heavy atom. The molecule has 1 aromatic heterocycles. The number of ether oxygens (including phenoxy) is 2. The number of hydrogen-bond donors (Lipinski definition) is 0. The molecule has 0 saturated heterocycles. The van der Waals surface area contributed by atoms with E-state index in [0.717, 1.165) is 12.0 Å². The first-order valence-corrected chi connectivity index (χ1v) is 10.2. The minimum atomic E-state index is -1.91. The van der Waals surface area contributed by atoms with Crippen LogP contribution in [-0.4, -0.2) is 28.7 Å². The number of nitrogens with zero attached hydrogens (tertiary/aromatic N) is 3. The van der Waals surface area contributed by atoms with Crippen LogP contribution < -0.4 is 9.47 Å². The minimum absolute atomic E-state index is 0.157. The second kappa shape index (κ2) is 9.88. The Balaban J connectivity index is 2.40. The Kier molecular flexibility index (Phi) is 8.32. The molecule has 2 aromatic rings. The molecule has 0 aliphatic carbocycles. The maximum atomic E-state index is 5.87. The topological polar surface area (TPSA) is 57.1 Å². The summed E-state index contributed by atoms with van der Waals surface area (Å²) in [6, 6.07) is 5.44. The molecule has 0 N–H and O–H groups in total. The van der Waals surface area contributed by atoms with Crippen molar-refractivity contribution in [3.63, 3.8) is 0 Å². The van der Waals surface area contributed by atoms with Crippen LogP contribution in [0.15, 0.2) is 18.2 Å². The largest absolute Gasteiger partial charge is 0.493 e. The first-order valence-electron chi connectivity index (χ1n) is 7.94. The molecular formula is C17H15Cl6N3O2. The van der Waals surface area contributed by atoms with Gasteiger partial charge in [0.1, 0.15) is 0 Å². The van der Waals surface area contributed by atoms with Gasteiger partial charge in [0.25, 0.3) is 0 Å². The standard InChI is InChI=1S/C17H15Cl6N3O2/c1-3-8-28-12-9-10(4-6-11(12)27-2)5-7-13-24-14(16(18,19)20)26-15(25-13)17(21,22)23/h4-7,9H,3,8H2,1-2H3. The van der Waals surface area contributed by atoms with Crippen LogP contribution in [0.4, 0.5) is 0 Å². The van der Waals surface area contributed by atoms with Crippen molar-refractivity contribution >= 4 is 81.8 Å². The molecule has 0 saturated carbocycles. The number of halogens is 6. The van der Waals surface area contributed by atoms with Crippen molar-refractivity contribution in [3.8, 4) is 11.5 Å². The molecule has 0 bridgehead atoms.